The molecule has 0 aromatic heterocycles. The molecule has 0 fully saturated rings. The van der Waals surface area contributed by atoms with E-state index in [1.807, 2.05) is 0 Å². The van der Waals surface area contributed by atoms with Crippen LogP contribution < -0.4 is 5.73 Å². The summed E-state index contributed by atoms with van der Waals surface area (Å²) < 4.78 is 10.6. The molecule has 5 heteroatoms. The molecule has 0 aliphatic rings. The Bertz CT molecular complexity index is 455. The summed E-state index contributed by atoms with van der Waals surface area (Å²) in [6.45, 7) is 7.31. The molecule has 196 valence electrons. The van der Waals surface area contributed by atoms with Crippen LogP contribution in [0.3, 0.4) is 0 Å². The van der Waals surface area contributed by atoms with Gasteiger partial charge in [-0.3, -0.25) is 9.59 Å². The first-order valence-electron chi connectivity index (χ1n) is 14.1. The molecule has 2 unspecified atom stereocenters. The summed E-state index contributed by atoms with van der Waals surface area (Å²) in [5.74, 6) is -0.543. The van der Waals surface area contributed by atoms with E-state index in [-0.39, 0.29) is 6.42 Å². The van der Waals surface area contributed by atoms with Crippen LogP contribution in [-0.4, -0.2) is 31.2 Å². The summed E-state index contributed by atoms with van der Waals surface area (Å²) in [4.78, 5) is 23.9. The van der Waals surface area contributed by atoms with Gasteiger partial charge >= 0.3 is 11.9 Å². The number of carbonyl (C=O) groups is 2. The fourth-order valence-corrected chi connectivity index (χ4v) is 4.01. The van der Waals surface area contributed by atoms with Crippen molar-refractivity contribution in [2.24, 2.45) is 11.7 Å². The molecule has 0 rings (SSSR count). The van der Waals surface area contributed by atoms with Gasteiger partial charge in [-0.1, -0.05) is 124 Å². The first-order valence-corrected chi connectivity index (χ1v) is 14.1. The third-order valence-electron chi connectivity index (χ3n) is 6.45. The van der Waals surface area contributed by atoms with Gasteiger partial charge in [0.15, 0.2) is 0 Å². The van der Waals surface area contributed by atoms with Crippen molar-refractivity contribution in [2.45, 2.75) is 149 Å². The summed E-state index contributed by atoms with van der Waals surface area (Å²) in [6, 6.07) is -0.933. The Kier molecular flexibility index (Phi) is 23.2. The Morgan fingerprint density at radius 1 is 0.667 bits per heavy atom. The maximum Gasteiger partial charge on any atom is 0.323 e. The summed E-state index contributed by atoms with van der Waals surface area (Å²) >= 11 is 0. The van der Waals surface area contributed by atoms with Gasteiger partial charge in [0.2, 0.25) is 0 Å². The van der Waals surface area contributed by atoms with E-state index < -0.39 is 18.0 Å². The van der Waals surface area contributed by atoms with Crippen molar-refractivity contribution < 1.29 is 19.1 Å². The molecule has 0 spiro atoms. The number of unbranched alkanes of at least 4 members (excludes halogenated alkanes) is 14. The van der Waals surface area contributed by atoms with E-state index in [2.05, 4.69) is 20.8 Å². The number of rotatable bonds is 24. The molecule has 0 aliphatic heterocycles. The third-order valence-corrected chi connectivity index (χ3v) is 6.45. The van der Waals surface area contributed by atoms with Gasteiger partial charge in [0.05, 0.1) is 19.6 Å². The van der Waals surface area contributed by atoms with Crippen molar-refractivity contribution in [3.8, 4) is 0 Å². The van der Waals surface area contributed by atoms with E-state index in [0.29, 0.717) is 19.1 Å². The van der Waals surface area contributed by atoms with Gasteiger partial charge in [0, 0.05) is 0 Å². The summed E-state index contributed by atoms with van der Waals surface area (Å²) in [5, 5.41) is 0. The molecule has 2 atom stereocenters. The van der Waals surface area contributed by atoms with E-state index in [1.165, 1.54) is 77.0 Å². The SMILES string of the molecule is CCCCCCCCCCCCCCCCOC(=O)CC(N)C(=O)OCC(CC)CCCC. The van der Waals surface area contributed by atoms with Gasteiger partial charge in [-0.05, 0) is 18.8 Å². The van der Waals surface area contributed by atoms with Crippen LogP contribution in [0.1, 0.15) is 143 Å². The van der Waals surface area contributed by atoms with Gasteiger partial charge in [0.25, 0.3) is 0 Å². The third kappa shape index (κ3) is 21.2. The minimum Gasteiger partial charge on any atom is -0.466 e. The lowest BCUT2D eigenvalue weighted by atomic mass is 10.0. The highest BCUT2D eigenvalue weighted by atomic mass is 16.5. The lowest BCUT2D eigenvalue weighted by Gasteiger charge is -2.16. The van der Waals surface area contributed by atoms with Crippen LogP contribution in [0.2, 0.25) is 0 Å². The normalized spacial score (nSPS) is 13.0. The minimum absolute atomic E-state index is 0.108. The molecular formula is C28H55NO4. The Balaban J connectivity index is 3.54. The number of hydrogen-bond donors (Lipinski definition) is 1. The largest absolute Gasteiger partial charge is 0.466 e. The molecule has 0 amide bonds. The molecule has 0 heterocycles. The summed E-state index contributed by atoms with van der Waals surface area (Å²) in [5.41, 5.74) is 5.83. The average Bonchev–Trinajstić information content (AvgIpc) is 2.81. The van der Waals surface area contributed by atoms with Gasteiger partial charge in [0.1, 0.15) is 6.04 Å². The molecule has 2 N–H and O–H groups in total. The van der Waals surface area contributed by atoms with Crippen molar-refractivity contribution in [2.75, 3.05) is 13.2 Å². The smallest absolute Gasteiger partial charge is 0.323 e. The zero-order valence-corrected chi connectivity index (χ0v) is 22.2. The van der Waals surface area contributed by atoms with E-state index in [9.17, 15) is 9.59 Å². The Morgan fingerprint density at radius 3 is 1.64 bits per heavy atom. The molecule has 0 aliphatic carbocycles. The second-order valence-electron chi connectivity index (χ2n) is 9.67. The molecule has 0 saturated heterocycles. The van der Waals surface area contributed by atoms with Gasteiger partial charge < -0.3 is 15.2 Å². The summed E-state index contributed by atoms with van der Waals surface area (Å²) in [7, 11) is 0. The number of carbonyl (C=O) groups excluding carboxylic acids is 2. The first kappa shape index (κ1) is 31.9. The number of ether oxygens (including phenoxy) is 2. The Labute approximate surface area is 204 Å². The molecule has 0 aromatic carbocycles. The van der Waals surface area contributed by atoms with E-state index in [4.69, 9.17) is 15.2 Å². The van der Waals surface area contributed by atoms with E-state index >= 15 is 0 Å². The highest BCUT2D eigenvalue weighted by molar-refractivity contribution is 5.82. The van der Waals surface area contributed by atoms with Crippen LogP contribution in [0.4, 0.5) is 0 Å². The van der Waals surface area contributed by atoms with E-state index in [1.54, 1.807) is 0 Å². The molecule has 5 nitrogen and oxygen atoms in total. The van der Waals surface area contributed by atoms with Crippen LogP contribution in [0.15, 0.2) is 0 Å². The van der Waals surface area contributed by atoms with Crippen molar-refractivity contribution in [1.29, 1.82) is 0 Å². The first-order chi connectivity index (χ1) is 16.0. The molecule has 0 saturated carbocycles. The maximum atomic E-state index is 12.0. The molecular weight excluding hydrogens is 414 g/mol. The predicted molar refractivity (Wildman–Crippen MR) is 138 cm³/mol. The lowest BCUT2D eigenvalue weighted by Crippen LogP contribution is -2.36. The van der Waals surface area contributed by atoms with Crippen LogP contribution in [-0.2, 0) is 19.1 Å². The van der Waals surface area contributed by atoms with Crippen LogP contribution >= 0.6 is 0 Å². The van der Waals surface area contributed by atoms with Gasteiger partial charge in [-0.25, -0.2) is 0 Å². The fraction of sp³-hybridized carbons (Fsp3) is 0.929. The molecule has 0 radical (unpaired) electrons. The monoisotopic (exact) mass is 469 g/mol. The highest BCUT2D eigenvalue weighted by Gasteiger charge is 2.21. The van der Waals surface area contributed by atoms with Gasteiger partial charge in [-0.15, -0.1) is 0 Å². The lowest BCUT2D eigenvalue weighted by molar-refractivity contribution is -0.152. The Morgan fingerprint density at radius 2 is 1.15 bits per heavy atom. The van der Waals surface area contributed by atoms with Crippen molar-refractivity contribution in [3.63, 3.8) is 0 Å². The number of esters is 2. The standard InChI is InChI=1S/C28H55NO4/c1-4-7-9-10-11-12-13-14-15-16-17-18-19-20-22-32-27(30)23-26(29)28(31)33-24-25(6-3)21-8-5-2/h25-26H,4-24,29H2,1-3H3. The molecule has 33 heavy (non-hydrogen) atoms. The van der Waals surface area contributed by atoms with E-state index in [0.717, 1.165) is 38.5 Å². The minimum atomic E-state index is -0.933. The second-order valence-corrected chi connectivity index (χ2v) is 9.67. The van der Waals surface area contributed by atoms with Crippen LogP contribution in [0.25, 0.3) is 0 Å². The number of nitrogens with two attached hydrogens (primary N) is 1. The molecule has 0 aromatic rings. The molecule has 0 bridgehead atoms. The van der Waals surface area contributed by atoms with Crippen LogP contribution in [0, 0.1) is 5.92 Å². The predicted octanol–water partition coefficient (Wildman–Crippen LogP) is 7.49. The van der Waals surface area contributed by atoms with Gasteiger partial charge in [-0.2, -0.15) is 0 Å². The van der Waals surface area contributed by atoms with Crippen LogP contribution in [0.5, 0.6) is 0 Å². The summed E-state index contributed by atoms with van der Waals surface area (Å²) in [6.07, 6.45) is 22.3. The van der Waals surface area contributed by atoms with Crippen molar-refractivity contribution in [3.05, 3.63) is 0 Å². The quantitative estimate of drug-likeness (QED) is 0.117. The number of hydrogen-bond acceptors (Lipinski definition) is 5. The second kappa shape index (κ2) is 24.0. The zero-order chi connectivity index (χ0) is 24.6. The Hall–Kier alpha value is -1.10. The van der Waals surface area contributed by atoms with Crippen molar-refractivity contribution in [1.82, 2.24) is 0 Å². The van der Waals surface area contributed by atoms with Crippen molar-refractivity contribution >= 4 is 11.9 Å². The average molecular weight is 470 g/mol. The topological polar surface area (TPSA) is 78.6 Å². The highest BCUT2D eigenvalue weighted by Crippen LogP contribution is 2.14. The maximum absolute atomic E-state index is 12.0. The zero-order valence-electron chi connectivity index (χ0n) is 22.2. The fourth-order valence-electron chi connectivity index (χ4n) is 4.01.